The van der Waals surface area contributed by atoms with Crippen LogP contribution in [0.2, 0.25) is 5.02 Å². The van der Waals surface area contributed by atoms with Gasteiger partial charge in [0.05, 0.1) is 5.54 Å². The van der Waals surface area contributed by atoms with E-state index in [1.54, 1.807) is 6.08 Å². The summed E-state index contributed by atoms with van der Waals surface area (Å²) in [7, 11) is 0. The third kappa shape index (κ3) is 4.19. The predicted octanol–water partition coefficient (Wildman–Crippen LogP) is 4.04. The fourth-order valence-electron chi connectivity index (χ4n) is 2.12. The van der Waals surface area contributed by atoms with Crippen LogP contribution in [0.4, 0.5) is 0 Å². The maximum Gasteiger partial charge on any atom is 0.175 e. The van der Waals surface area contributed by atoms with Crippen LogP contribution in [0.3, 0.4) is 0 Å². The van der Waals surface area contributed by atoms with Crippen LogP contribution in [0.5, 0.6) is 0 Å². The van der Waals surface area contributed by atoms with Crippen LogP contribution in [-0.4, -0.2) is 29.3 Å². The van der Waals surface area contributed by atoms with Crippen LogP contribution in [0, 0.1) is 0 Å². The minimum absolute atomic E-state index is 0.117. The van der Waals surface area contributed by atoms with Crippen molar-refractivity contribution < 1.29 is 4.79 Å². The zero-order valence-corrected chi connectivity index (χ0v) is 12.9. The van der Waals surface area contributed by atoms with E-state index in [1.807, 2.05) is 44.2 Å². The summed E-state index contributed by atoms with van der Waals surface area (Å²) >= 11 is 5.83. The second-order valence-corrected chi connectivity index (χ2v) is 5.42. The Morgan fingerprint density at radius 3 is 2.21 bits per heavy atom. The average molecular weight is 280 g/mol. The molecule has 0 amide bonds. The van der Waals surface area contributed by atoms with E-state index in [1.165, 1.54) is 0 Å². The molecule has 3 heteroatoms. The van der Waals surface area contributed by atoms with Crippen molar-refractivity contribution in [2.24, 2.45) is 0 Å². The number of hydrogen-bond acceptors (Lipinski definition) is 2. The molecule has 2 nitrogen and oxygen atoms in total. The smallest absolute Gasteiger partial charge is 0.175 e. The van der Waals surface area contributed by atoms with Gasteiger partial charge in [0.1, 0.15) is 0 Å². The molecule has 0 aromatic heterocycles. The maximum atomic E-state index is 12.3. The molecule has 1 aromatic rings. The molecule has 0 unspecified atom stereocenters. The standard InChI is InChI=1S/C16H22ClNO/c1-5-18(6-2)16(3,4)15(19)12-9-13-7-10-14(17)11-8-13/h7-12H,5-6H2,1-4H3. The zero-order valence-electron chi connectivity index (χ0n) is 12.1. The molecule has 1 aromatic carbocycles. The Labute approximate surface area is 121 Å². The summed E-state index contributed by atoms with van der Waals surface area (Å²) in [6.07, 6.45) is 3.49. The van der Waals surface area contributed by atoms with Gasteiger partial charge < -0.3 is 0 Å². The second-order valence-electron chi connectivity index (χ2n) is 4.98. The van der Waals surface area contributed by atoms with Crippen LogP contribution in [0.15, 0.2) is 30.3 Å². The number of hydrogen-bond donors (Lipinski definition) is 0. The minimum atomic E-state index is -0.466. The van der Waals surface area contributed by atoms with Gasteiger partial charge in [-0.2, -0.15) is 0 Å². The monoisotopic (exact) mass is 279 g/mol. The van der Waals surface area contributed by atoms with Crippen LogP contribution in [-0.2, 0) is 4.79 Å². The number of carbonyl (C=O) groups is 1. The lowest BCUT2D eigenvalue weighted by Crippen LogP contribution is -2.49. The molecule has 0 aliphatic carbocycles. The molecule has 0 aliphatic rings. The van der Waals surface area contributed by atoms with Crippen molar-refractivity contribution in [3.63, 3.8) is 0 Å². The first-order chi connectivity index (χ1) is 8.91. The Morgan fingerprint density at radius 1 is 1.21 bits per heavy atom. The summed E-state index contributed by atoms with van der Waals surface area (Å²) in [5, 5.41) is 0.701. The third-order valence-electron chi connectivity index (χ3n) is 3.45. The lowest BCUT2D eigenvalue weighted by Gasteiger charge is -2.34. The first-order valence-electron chi connectivity index (χ1n) is 6.65. The molecule has 0 N–H and O–H groups in total. The molecule has 0 saturated heterocycles. The van der Waals surface area contributed by atoms with E-state index >= 15 is 0 Å². The van der Waals surface area contributed by atoms with E-state index in [-0.39, 0.29) is 5.78 Å². The normalized spacial score (nSPS) is 12.3. The molecule has 104 valence electrons. The molecule has 19 heavy (non-hydrogen) atoms. The Bertz CT molecular complexity index is 444. The molecule has 0 aliphatic heterocycles. The van der Waals surface area contributed by atoms with Gasteiger partial charge in [-0.15, -0.1) is 0 Å². The Kier molecular flexibility index (Phi) is 5.77. The van der Waals surface area contributed by atoms with E-state index in [0.717, 1.165) is 18.7 Å². The van der Waals surface area contributed by atoms with Crippen LogP contribution < -0.4 is 0 Å². The summed E-state index contributed by atoms with van der Waals surface area (Å²) in [6.45, 7) is 9.81. The minimum Gasteiger partial charge on any atom is -0.293 e. The molecular weight excluding hydrogens is 258 g/mol. The topological polar surface area (TPSA) is 20.3 Å². The van der Waals surface area contributed by atoms with Crippen molar-refractivity contribution in [1.82, 2.24) is 4.90 Å². The lowest BCUT2D eigenvalue weighted by molar-refractivity contribution is -0.124. The maximum absolute atomic E-state index is 12.3. The summed E-state index contributed by atoms with van der Waals surface area (Å²) in [5.41, 5.74) is 0.514. The van der Waals surface area contributed by atoms with Gasteiger partial charge in [0.2, 0.25) is 0 Å². The average Bonchev–Trinajstić information content (AvgIpc) is 2.38. The lowest BCUT2D eigenvalue weighted by atomic mass is 9.95. The number of carbonyl (C=O) groups excluding carboxylic acids is 1. The highest BCUT2D eigenvalue weighted by molar-refractivity contribution is 6.30. The van der Waals surface area contributed by atoms with Gasteiger partial charge in [0.25, 0.3) is 0 Å². The van der Waals surface area contributed by atoms with Gasteiger partial charge in [-0.25, -0.2) is 0 Å². The molecular formula is C16H22ClNO. The number of benzene rings is 1. The SMILES string of the molecule is CCN(CC)C(C)(C)C(=O)C=Cc1ccc(Cl)cc1. The number of likely N-dealkylation sites (N-methyl/N-ethyl adjacent to an activating group) is 1. The third-order valence-corrected chi connectivity index (χ3v) is 3.71. The van der Waals surface area contributed by atoms with Crippen molar-refractivity contribution in [2.75, 3.05) is 13.1 Å². The highest BCUT2D eigenvalue weighted by atomic mass is 35.5. The predicted molar refractivity (Wildman–Crippen MR) is 82.5 cm³/mol. The zero-order chi connectivity index (χ0) is 14.5. The Balaban J connectivity index is 2.81. The van der Waals surface area contributed by atoms with E-state index in [2.05, 4.69) is 18.7 Å². The molecule has 0 saturated carbocycles. The highest BCUT2D eigenvalue weighted by Crippen LogP contribution is 2.17. The van der Waals surface area contributed by atoms with E-state index < -0.39 is 5.54 Å². The Morgan fingerprint density at radius 2 is 1.74 bits per heavy atom. The van der Waals surface area contributed by atoms with Crippen molar-refractivity contribution in [2.45, 2.75) is 33.2 Å². The largest absolute Gasteiger partial charge is 0.293 e. The quantitative estimate of drug-likeness (QED) is 0.733. The summed E-state index contributed by atoms with van der Waals surface area (Å²) in [6, 6.07) is 7.44. The fraction of sp³-hybridized carbons (Fsp3) is 0.438. The first-order valence-corrected chi connectivity index (χ1v) is 7.02. The molecule has 0 spiro atoms. The second kappa shape index (κ2) is 6.88. The van der Waals surface area contributed by atoms with Gasteiger partial charge in [-0.1, -0.05) is 43.7 Å². The van der Waals surface area contributed by atoms with Gasteiger partial charge in [-0.05, 0) is 50.7 Å². The van der Waals surface area contributed by atoms with Crippen LogP contribution in [0.1, 0.15) is 33.3 Å². The summed E-state index contributed by atoms with van der Waals surface area (Å²) in [5.74, 6) is 0.117. The molecule has 0 fully saturated rings. The van der Waals surface area contributed by atoms with Gasteiger partial charge in [0, 0.05) is 5.02 Å². The first kappa shape index (κ1) is 15.9. The van der Waals surface area contributed by atoms with Crippen molar-refractivity contribution in [3.05, 3.63) is 40.9 Å². The Hall–Kier alpha value is -1.12. The van der Waals surface area contributed by atoms with E-state index in [4.69, 9.17) is 11.6 Å². The van der Waals surface area contributed by atoms with Gasteiger partial charge in [0.15, 0.2) is 5.78 Å². The summed E-state index contributed by atoms with van der Waals surface area (Å²) < 4.78 is 0. The number of ketones is 1. The van der Waals surface area contributed by atoms with Crippen LogP contribution in [0.25, 0.3) is 6.08 Å². The van der Waals surface area contributed by atoms with Gasteiger partial charge in [-0.3, -0.25) is 9.69 Å². The molecule has 0 atom stereocenters. The van der Waals surface area contributed by atoms with Crippen molar-refractivity contribution in [3.8, 4) is 0 Å². The summed E-state index contributed by atoms with van der Waals surface area (Å²) in [4.78, 5) is 14.5. The molecule has 1 rings (SSSR count). The number of rotatable bonds is 6. The van der Waals surface area contributed by atoms with Crippen molar-refractivity contribution >= 4 is 23.5 Å². The molecule has 0 heterocycles. The molecule has 0 bridgehead atoms. The number of nitrogens with zero attached hydrogens (tertiary/aromatic N) is 1. The molecule has 0 radical (unpaired) electrons. The number of halogens is 1. The van der Waals surface area contributed by atoms with E-state index in [0.29, 0.717) is 5.02 Å². The van der Waals surface area contributed by atoms with Crippen molar-refractivity contribution in [1.29, 1.82) is 0 Å². The fourth-order valence-corrected chi connectivity index (χ4v) is 2.25. The highest BCUT2D eigenvalue weighted by Gasteiger charge is 2.30. The van der Waals surface area contributed by atoms with E-state index in [9.17, 15) is 4.79 Å². The van der Waals surface area contributed by atoms with Gasteiger partial charge >= 0.3 is 0 Å². The van der Waals surface area contributed by atoms with Crippen LogP contribution >= 0.6 is 11.6 Å².